The van der Waals surface area contributed by atoms with Gasteiger partial charge in [0, 0.05) is 20.2 Å². The van der Waals surface area contributed by atoms with Crippen molar-refractivity contribution in [3.05, 3.63) is 11.6 Å². The van der Waals surface area contributed by atoms with E-state index in [1.54, 1.807) is 12.7 Å². The van der Waals surface area contributed by atoms with Crippen LogP contribution in [0.4, 0.5) is 0 Å². The normalized spacial score (nSPS) is 19.4. The predicted molar refractivity (Wildman–Crippen MR) is 78.9 cm³/mol. The summed E-state index contributed by atoms with van der Waals surface area (Å²) in [6.07, 6.45) is 10.5. The molecule has 2 atom stereocenters. The van der Waals surface area contributed by atoms with E-state index in [-0.39, 0.29) is 0 Å². The molecule has 0 bridgehead atoms. The number of rotatable bonds is 9. The van der Waals surface area contributed by atoms with Gasteiger partial charge < -0.3 is 10.1 Å². The quantitative estimate of drug-likeness (QED) is 0.499. The molecule has 0 saturated carbocycles. The third-order valence-corrected chi connectivity index (χ3v) is 4.08. The van der Waals surface area contributed by atoms with Crippen LogP contribution in [0, 0.1) is 11.8 Å². The van der Waals surface area contributed by atoms with Gasteiger partial charge in [-0.05, 0) is 37.5 Å². The second-order valence-corrected chi connectivity index (χ2v) is 5.59. The van der Waals surface area contributed by atoms with E-state index in [9.17, 15) is 0 Å². The van der Waals surface area contributed by atoms with Gasteiger partial charge in [-0.3, -0.25) is 0 Å². The molecule has 1 N–H and O–H groups in total. The van der Waals surface area contributed by atoms with Crippen molar-refractivity contribution in [1.29, 1.82) is 0 Å². The fraction of sp³-hybridized carbons (Fsp3) is 0.875. The molecule has 1 aliphatic rings. The fourth-order valence-electron chi connectivity index (χ4n) is 2.99. The van der Waals surface area contributed by atoms with Gasteiger partial charge >= 0.3 is 0 Å². The Hall–Kier alpha value is -0.340. The summed E-state index contributed by atoms with van der Waals surface area (Å²) in [5.41, 5.74) is 1.71. The minimum atomic E-state index is 0.738. The molecule has 2 nitrogen and oxygen atoms in total. The van der Waals surface area contributed by atoms with Crippen molar-refractivity contribution in [1.82, 2.24) is 5.32 Å². The van der Waals surface area contributed by atoms with E-state index >= 15 is 0 Å². The Labute approximate surface area is 113 Å². The number of nitrogens with one attached hydrogen (secondary N) is 1. The molecule has 0 aromatic rings. The summed E-state index contributed by atoms with van der Waals surface area (Å²) in [5.74, 6) is 1.54. The zero-order valence-electron chi connectivity index (χ0n) is 12.5. The van der Waals surface area contributed by atoms with Gasteiger partial charge in [0.15, 0.2) is 0 Å². The SMILES string of the molecule is CCCC(C)C(CNCCOC)C1=CCCCC1. The molecule has 0 amide bonds. The molecule has 0 heterocycles. The second-order valence-electron chi connectivity index (χ2n) is 5.59. The van der Waals surface area contributed by atoms with E-state index in [4.69, 9.17) is 4.74 Å². The molecule has 0 aromatic carbocycles. The van der Waals surface area contributed by atoms with Crippen LogP contribution in [0.3, 0.4) is 0 Å². The van der Waals surface area contributed by atoms with Crippen LogP contribution in [0.25, 0.3) is 0 Å². The molecule has 1 rings (SSSR count). The molecular weight excluding hydrogens is 222 g/mol. The molecule has 18 heavy (non-hydrogen) atoms. The molecule has 0 fully saturated rings. The van der Waals surface area contributed by atoms with Crippen LogP contribution in [0.1, 0.15) is 52.4 Å². The van der Waals surface area contributed by atoms with Crippen molar-refractivity contribution in [2.75, 3.05) is 26.8 Å². The van der Waals surface area contributed by atoms with E-state index in [1.807, 2.05) is 0 Å². The van der Waals surface area contributed by atoms with E-state index < -0.39 is 0 Å². The molecule has 2 heteroatoms. The molecule has 106 valence electrons. The first-order valence-corrected chi connectivity index (χ1v) is 7.68. The Morgan fingerprint density at radius 1 is 1.39 bits per heavy atom. The summed E-state index contributed by atoms with van der Waals surface area (Å²) in [6.45, 7) is 7.62. The average Bonchev–Trinajstić information content (AvgIpc) is 2.40. The van der Waals surface area contributed by atoms with Crippen molar-refractivity contribution in [2.45, 2.75) is 52.4 Å². The summed E-state index contributed by atoms with van der Waals surface area (Å²) in [6, 6.07) is 0. The lowest BCUT2D eigenvalue weighted by Gasteiger charge is -2.29. The Balaban J connectivity index is 2.48. The van der Waals surface area contributed by atoms with E-state index in [0.29, 0.717) is 0 Å². The zero-order valence-corrected chi connectivity index (χ0v) is 12.5. The van der Waals surface area contributed by atoms with E-state index in [1.165, 1.54) is 38.5 Å². The summed E-state index contributed by atoms with van der Waals surface area (Å²) in [7, 11) is 1.77. The van der Waals surface area contributed by atoms with Gasteiger partial charge in [-0.15, -0.1) is 0 Å². The number of allylic oxidation sites excluding steroid dienone is 1. The number of hydrogen-bond acceptors (Lipinski definition) is 2. The zero-order chi connectivity index (χ0) is 13.2. The lowest BCUT2D eigenvalue weighted by Crippen LogP contribution is -2.31. The predicted octanol–water partition coefficient (Wildman–Crippen LogP) is 3.78. The Morgan fingerprint density at radius 2 is 2.22 bits per heavy atom. The van der Waals surface area contributed by atoms with Crippen LogP contribution >= 0.6 is 0 Å². The van der Waals surface area contributed by atoms with Crippen LogP contribution < -0.4 is 5.32 Å². The maximum absolute atomic E-state index is 5.10. The van der Waals surface area contributed by atoms with Crippen molar-refractivity contribution < 1.29 is 4.74 Å². The van der Waals surface area contributed by atoms with Crippen LogP contribution in [0.15, 0.2) is 11.6 Å². The van der Waals surface area contributed by atoms with Crippen LogP contribution in [0.2, 0.25) is 0 Å². The third kappa shape index (κ3) is 5.53. The molecule has 0 aliphatic heterocycles. The van der Waals surface area contributed by atoms with Crippen molar-refractivity contribution >= 4 is 0 Å². The maximum Gasteiger partial charge on any atom is 0.0587 e. The van der Waals surface area contributed by atoms with Crippen LogP contribution in [0.5, 0.6) is 0 Å². The van der Waals surface area contributed by atoms with Gasteiger partial charge in [0.1, 0.15) is 0 Å². The Kier molecular flexibility index (Phi) is 8.36. The highest BCUT2D eigenvalue weighted by Crippen LogP contribution is 2.31. The van der Waals surface area contributed by atoms with Gasteiger partial charge in [0.2, 0.25) is 0 Å². The second kappa shape index (κ2) is 9.57. The first-order chi connectivity index (χ1) is 8.79. The summed E-state index contributed by atoms with van der Waals surface area (Å²) in [4.78, 5) is 0. The highest BCUT2D eigenvalue weighted by Gasteiger charge is 2.21. The van der Waals surface area contributed by atoms with Crippen molar-refractivity contribution in [3.8, 4) is 0 Å². The first-order valence-electron chi connectivity index (χ1n) is 7.68. The largest absolute Gasteiger partial charge is 0.383 e. The third-order valence-electron chi connectivity index (χ3n) is 4.08. The van der Waals surface area contributed by atoms with Crippen molar-refractivity contribution in [2.24, 2.45) is 11.8 Å². The van der Waals surface area contributed by atoms with Gasteiger partial charge in [0.25, 0.3) is 0 Å². The highest BCUT2D eigenvalue weighted by molar-refractivity contribution is 5.11. The van der Waals surface area contributed by atoms with Crippen LogP contribution in [-0.4, -0.2) is 26.8 Å². The number of methoxy groups -OCH3 is 1. The number of ether oxygens (including phenoxy) is 1. The fourth-order valence-corrected chi connectivity index (χ4v) is 2.99. The lowest BCUT2D eigenvalue weighted by atomic mass is 9.80. The monoisotopic (exact) mass is 253 g/mol. The molecule has 0 spiro atoms. The smallest absolute Gasteiger partial charge is 0.0587 e. The molecule has 2 unspecified atom stereocenters. The Bertz CT molecular complexity index is 237. The molecule has 0 radical (unpaired) electrons. The minimum Gasteiger partial charge on any atom is -0.383 e. The maximum atomic E-state index is 5.10. The number of hydrogen-bond donors (Lipinski definition) is 1. The van der Waals surface area contributed by atoms with Gasteiger partial charge in [0.05, 0.1) is 6.61 Å². The average molecular weight is 253 g/mol. The van der Waals surface area contributed by atoms with Gasteiger partial charge in [-0.25, -0.2) is 0 Å². The Morgan fingerprint density at radius 3 is 2.83 bits per heavy atom. The molecule has 0 aromatic heterocycles. The first kappa shape index (κ1) is 15.7. The lowest BCUT2D eigenvalue weighted by molar-refractivity contribution is 0.196. The molecular formula is C16H31NO. The molecule has 0 saturated heterocycles. The summed E-state index contributed by atoms with van der Waals surface area (Å²) in [5, 5.41) is 3.56. The van der Waals surface area contributed by atoms with E-state index in [2.05, 4.69) is 25.2 Å². The van der Waals surface area contributed by atoms with Gasteiger partial charge in [-0.1, -0.05) is 38.3 Å². The topological polar surface area (TPSA) is 21.3 Å². The van der Waals surface area contributed by atoms with Crippen LogP contribution in [-0.2, 0) is 4.74 Å². The summed E-state index contributed by atoms with van der Waals surface area (Å²) >= 11 is 0. The summed E-state index contributed by atoms with van der Waals surface area (Å²) < 4.78 is 5.10. The minimum absolute atomic E-state index is 0.738. The van der Waals surface area contributed by atoms with Gasteiger partial charge in [-0.2, -0.15) is 0 Å². The van der Waals surface area contributed by atoms with Crippen molar-refractivity contribution in [3.63, 3.8) is 0 Å². The van der Waals surface area contributed by atoms with E-state index in [0.717, 1.165) is 31.5 Å². The molecule has 1 aliphatic carbocycles. The standard InChI is InChI=1S/C16H31NO/c1-4-8-14(2)16(13-17-11-12-18-3)15-9-6-5-7-10-15/h9,14,16-17H,4-8,10-13H2,1-3H3. The highest BCUT2D eigenvalue weighted by atomic mass is 16.5.